The Balaban J connectivity index is 1.70. The molecule has 2 aromatic heterocycles. The summed E-state index contributed by atoms with van der Waals surface area (Å²) in [6.45, 7) is 10.5. The molecule has 0 saturated carbocycles. The smallest absolute Gasteiger partial charge is 0.407 e. The predicted molar refractivity (Wildman–Crippen MR) is 131 cm³/mol. The highest BCUT2D eigenvalue weighted by atomic mass is 16.6. The molecule has 2 amide bonds. The largest absolute Gasteiger partial charge is 0.445 e. The first-order valence-electron chi connectivity index (χ1n) is 11.8. The number of carbonyl (C=O) groups is 2. The van der Waals surface area contributed by atoms with Gasteiger partial charge in [-0.05, 0) is 46.2 Å². The lowest BCUT2D eigenvalue weighted by Gasteiger charge is -2.21. The minimum Gasteiger partial charge on any atom is -0.445 e. The lowest BCUT2D eigenvalue weighted by molar-refractivity contribution is 0.129. The van der Waals surface area contributed by atoms with Crippen molar-refractivity contribution in [1.82, 2.24) is 19.8 Å². The number of fused-ring (bicyclic) bond motifs is 4. The zero-order chi connectivity index (χ0) is 24.6. The molecule has 4 rings (SSSR count). The number of hydrogen-bond donors (Lipinski definition) is 2. The van der Waals surface area contributed by atoms with Crippen molar-refractivity contribution >= 4 is 23.1 Å². The van der Waals surface area contributed by atoms with Crippen LogP contribution in [0.4, 0.5) is 9.59 Å². The van der Waals surface area contributed by atoms with Crippen molar-refractivity contribution in [2.45, 2.75) is 72.9 Å². The summed E-state index contributed by atoms with van der Waals surface area (Å²) in [6.07, 6.45) is -0.198. The maximum Gasteiger partial charge on any atom is 0.407 e. The van der Waals surface area contributed by atoms with Gasteiger partial charge in [0.15, 0.2) is 0 Å². The minimum absolute atomic E-state index is 0.0128. The summed E-state index contributed by atoms with van der Waals surface area (Å²) in [6, 6.07) is 8.39. The molecular formula is C26H34N4O4. The average Bonchev–Trinajstić information content (AvgIpc) is 3.20. The molecule has 182 valence electrons. The van der Waals surface area contributed by atoms with Crippen molar-refractivity contribution in [3.63, 3.8) is 0 Å². The van der Waals surface area contributed by atoms with Crippen LogP contribution in [0.1, 0.15) is 61.5 Å². The molecule has 3 aromatic rings. The van der Waals surface area contributed by atoms with Crippen molar-refractivity contribution in [3.8, 4) is 0 Å². The fraction of sp³-hybridized carbons (Fsp3) is 0.462. The number of para-hydroxylation sites is 1. The van der Waals surface area contributed by atoms with Crippen molar-refractivity contribution < 1.29 is 19.1 Å². The maximum absolute atomic E-state index is 12.2. The Morgan fingerprint density at radius 2 is 1.53 bits per heavy atom. The molecule has 1 aromatic carbocycles. The second-order valence-corrected chi connectivity index (χ2v) is 9.50. The summed E-state index contributed by atoms with van der Waals surface area (Å²) in [5, 5.41) is 6.76. The summed E-state index contributed by atoms with van der Waals surface area (Å²) in [4.78, 5) is 24.4. The Labute approximate surface area is 200 Å². The molecule has 8 heteroatoms. The van der Waals surface area contributed by atoms with E-state index in [-0.39, 0.29) is 25.3 Å². The van der Waals surface area contributed by atoms with Gasteiger partial charge in [-0.3, -0.25) is 0 Å². The van der Waals surface area contributed by atoms with E-state index >= 15 is 0 Å². The first-order chi connectivity index (χ1) is 16.2. The van der Waals surface area contributed by atoms with Gasteiger partial charge in [-0.1, -0.05) is 18.2 Å². The van der Waals surface area contributed by atoms with Gasteiger partial charge < -0.3 is 29.2 Å². The number of ether oxygens (including phenoxy) is 2. The van der Waals surface area contributed by atoms with E-state index in [0.29, 0.717) is 6.54 Å². The van der Waals surface area contributed by atoms with E-state index in [1.807, 2.05) is 34.6 Å². The molecule has 1 aliphatic rings. The fourth-order valence-corrected chi connectivity index (χ4v) is 4.77. The number of nitrogens with zero attached hydrogens (tertiary/aromatic N) is 2. The van der Waals surface area contributed by atoms with Crippen LogP contribution in [-0.4, -0.2) is 33.4 Å². The minimum atomic E-state index is -0.461. The van der Waals surface area contributed by atoms with Crippen LogP contribution < -0.4 is 10.6 Å². The lowest BCUT2D eigenvalue weighted by atomic mass is 9.99. The molecule has 2 N–H and O–H groups in total. The Hall–Kier alpha value is -3.42. The average molecular weight is 467 g/mol. The molecule has 0 bridgehead atoms. The first-order valence-corrected chi connectivity index (χ1v) is 11.8. The molecule has 0 radical (unpaired) electrons. The molecule has 0 fully saturated rings. The molecule has 0 spiro atoms. The van der Waals surface area contributed by atoms with Crippen molar-refractivity contribution in [2.75, 3.05) is 0 Å². The third-order valence-electron chi connectivity index (χ3n) is 6.38. The maximum atomic E-state index is 12.2. The molecule has 3 heterocycles. The number of amides is 2. The van der Waals surface area contributed by atoms with Gasteiger partial charge in [0.25, 0.3) is 0 Å². The van der Waals surface area contributed by atoms with E-state index in [1.54, 1.807) is 0 Å². The molecule has 0 atom stereocenters. The molecule has 0 saturated heterocycles. The third-order valence-corrected chi connectivity index (χ3v) is 6.38. The van der Waals surface area contributed by atoms with Gasteiger partial charge in [0.2, 0.25) is 0 Å². The number of nitrogens with one attached hydrogen (secondary N) is 2. The van der Waals surface area contributed by atoms with Gasteiger partial charge in [-0.25, -0.2) is 9.59 Å². The van der Waals surface area contributed by atoms with Crippen LogP contribution in [0.25, 0.3) is 10.9 Å². The quantitative estimate of drug-likeness (QED) is 0.438. The number of carbonyl (C=O) groups excluding carboxylic acids is 2. The summed E-state index contributed by atoms with van der Waals surface area (Å²) in [5.74, 6) is 0. The summed E-state index contributed by atoms with van der Waals surface area (Å²) >= 11 is 0. The molecule has 0 unspecified atom stereocenters. The van der Waals surface area contributed by atoms with E-state index < -0.39 is 12.2 Å². The van der Waals surface area contributed by atoms with E-state index in [2.05, 4.69) is 51.1 Å². The van der Waals surface area contributed by atoms with Crippen LogP contribution in [-0.2, 0) is 42.7 Å². The normalized spacial score (nSPS) is 12.6. The number of aryl methyl sites for hydroxylation is 1. The second-order valence-electron chi connectivity index (χ2n) is 9.50. The highest BCUT2D eigenvalue weighted by Gasteiger charge is 2.29. The third kappa shape index (κ3) is 4.49. The van der Waals surface area contributed by atoms with E-state index in [0.717, 1.165) is 28.9 Å². The highest BCUT2D eigenvalue weighted by Crippen LogP contribution is 2.36. The van der Waals surface area contributed by atoms with Crippen molar-refractivity contribution in [3.05, 3.63) is 58.0 Å². The van der Waals surface area contributed by atoms with Crippen LogP contribution in [0.3, 0.4) is 0 Å². The SMILES string of the molecule is Cc1c(COC(=O)NC(C)C)c(COC(=O)NC(C)C)c2n1Cc1c(c3ccccc3n1C)C2. The van der Waals surface area contributed by atoms with Crippen LogP contribution in [0.5, 0.6) is 0 Å². The van der Waals surface area contributed by atoms with Crippen molar-refractivity contribution in [1.29, 1.82) is 0 Å². The summed E-state index contributed by atoms with van der Waals surface area (Å²) in [7, 11) is 2.10. The summed E-state index contributed by atoms with van der Waals surface area (Å²) in [5.41, 5.74) is 7.69. The Kier molecular flexibility index (Phi) is 6.59. The van der Waals surface area contributed by atoms with E-state index in [1.165, 1.54) is 22.2 Å². The zero-order valence-electron chi connectivity index (χ0n) is 20.8. The molecule has 34 heavy (non-hydrogen) atoms. The molecule has 1 aliphatic heterocycles. The Bertz CT molecular complexity index is 1240. The second kappa shape index (κ2) is 9.44. The van der Waals surface area contributed by atoms with Crippen LogP contribution in [0.2, 0.25) is 0 Å². The number of benzene rings is 1. The van der Waals surface area contributed by atoms with Gasteiger partial charge in [-0.15, -0.1) is 0 Å². The monoisotopic (exact) mass is 466 g/mol. The lowest BCUT2D eigenvalue weighted by Crippen LogP contribution is -2.31. The number of alkyl carbamates (subject to hydrolysis) is 2. The van der Waals surface area contributed by atoms with E-state index in [9.17, 15) is 9.59 Å². The topological polar surface area (TPSA) is 86.5 Å². The standard InChI is InChI=1S/C26H34N4O4/c1-15(2)27-25(31)33-13-20-17(5)30-12-24-19(18-9-7-8-10-22(18)29(24)6)11-23(30)21(20)14-34-26(32)28-16(3)4/h7-10,15-16H,11-14H2,1-6H3,(H,27,31)(H,28,32). The molecule has 8 nitrogen and oxygen atoms in total. The zero-order valence-corrected chi connectivity index (χ0v) is 20.8. The predicted octanol–water partition coefficient (Wildman–Crippen LogP) is 4.51. The Morgan fingerprint density at radius 3 is 2.15 bits per heavy atom. The van der Waals surface area contributed by atoms with Crippen LogP contribution in [0.15, 0.2) is 24.3 Å². The number of rotatable bonds is 6. The molecular weight excluding hydrogens is 432 g/mol. The first kappa shape index (κ1) is 23.7. The molecule has 0 aliphatic carbocycles. The van der Waals surface area contributed by atoms with Crippen LogP contribution >= 0.6 is 0 Å². The number of hydrogen-bond acceptors (Lipinski definition) is 4. The fourth-order valence-electron chi connectivity index (χ4n) is 4.77. The van der Waals surface area contributed by atoms with Crippen molar-refractivity contribution in [2.24, 2.45) is 7.05 Å². The highest BCUT2D eigenvalue weighted by molar-refractivity contribution is 5.86. The summed E-state index contributed by atoms with van der Waals surface area (Å²) < 4.78 is 15.6. The Morgan fingerprint density at radius 1 is 0.941 bits per heavy atom. The number of aromatic nitrogens is 2. The van der Waals surface area contributed by atoms with Gasteiger partial charge >= 0.3 is 12.2 Å². The van der Waals surface area contributed by atoms with Gasteiger partial charge in [0.05, 0.1) is 6.54 Å². The van der Waals surface area contributed by atoms with Gasteiger partial charge in [0, 0.05) is 64.7 Å². The van der Waals surface area contributed by atoms with Gasteiger partial charge in [-0.2, -0.15) is 0 Å². The van der Waals surface area contributed by atoms with Crippen LogP contribution in [0, 0.1) is 6.92 Å². The van der Waals surface area contributed by atoms with E-state index in [4.69, 9.17) is 9.47 Å². The van der Waals surface area contributed by atoms with Gasteiger partial charge in [0.1, 0.15) is 13.2 Å².